The van der Waals surface area contributed by atoms with Crippen LogP contribution in [0.15, 0.2) is 28.8 Å². The Morgan fingerprint density at radius 2 is 2.00 bits per heavy atom. The van der Waals surface area contributed by atoms with Crippen LogP contribution < -0.4 is 0 Å². The van der Waals surface area contributed by atoms with Crippen LogP contribution in [0.5, 0.6) is 0 Å². The van der Waals surface area contributed by atoms with Gasteiger partial charge in [0.25, 0.3) is 0 Å². The summed E-state index contributed by atoms with van der Waals surface area (Å²) in [5.74, 6) is -2.46. The Hall–Kier alpha value is -2.49. The highest BCUT2D eigenvalue weighted by Crippen LogP contribution is 2.36. The predicted octanol–water partition coefficient (Wildman–Crippen LogP) is 3.09. The maximum atomic E-state index is 13.2. The fourth-order valence-corrected chi connectivity index (χ4v) is 2.56. The summed E-state index contributed by atoms with van der Waals surface area (Å²) < 4.78 is 60.0. The Morgan fingerprint density at radius 3 is 2.52 bits per heavy atom. The molecule has 10 heteroatoms. The van der Waals surface area contributed by atoms with E-state index in [1.807, 2.05) is 0 Å². The van der Waals surface area contributed by atoms with Crippen molar-refractivity contribution in [3.05, 3.63) is 35.7 Å². The summed E-state index contributed by atoms with van der Waals surface area (Å²) in [5, 5.41) is 3.32. The van der Waals surface area contributed by atoms with Crippen LogP contribution in [0.25, 0.3) is 11.4 Å². The molecule has 0 saturated heterocycles. The Balaban J connectivity index is 1.69. The minimum absolute atomic E-state index is 0.181. The van der Waals surface area contributed by atoms with Gasteiger partial charge in [0.2, 0.25) is 11.7 Å². The van der Waals surface area contributed by atoms with E-state index in [-0.39, 0.29) is 24.7 Å². The van der Waals surface area contributed by atoms with Gasteiger partial charge in [0.05, 0.1) is 12.5 Å². The SMILES string of the molecule is COCCN(Cc1ccc(-c2noc(C(F)(F)F)n2)cc1)C(=O)C1CC1F. The molecule has 2 aromatic rings. The lowest BCUT2D eigenvalue weighted by molar-refractivity contribution is -0.159. The van der Waals surface area contributed by atoms with Crippen LogP contribution in [-0.4, -0.2) is 47.4 Å². The second kappa shape index (κ2) is 7.63. The monoisotopic (exact) mass is 387 g/mol. The lowest BCUT2D eigenvalue weighted by Gasteiger charge is -2.22. The highest BCUT2D eigenvalue weighted by atomic mass is 19.4. The number of ether oxygens (including phenoxy) is 1. The number of rotatable bonds is 7. The number of methoxy groups -OCH3 is 1. The molecule has 1 fully saturated rings. The van der Waals surface area contributed by atoms with E-state index >= 15 is 0 Å². The number of hydrogen-bond acceptors (Lipinski definition) is 5. The van der Waals surface area contributed by atoms with E-state index in [0.717, 1.165) is 5.56 Å². The highest BCUT2D eigenvalue weighted by molar-refractivity contribution is 5.82. The normalized spacial score (nSPS) is 19.1. The first-order valence-corrected chi connectivity index (χ1v) is 8.21. The van der Waals surface area contributed by atoms with E-state index in [0.29, 0.717) is 18.7 Å². The summed E-state index contributed by atoms with van der Waals surface area (Å²) in [4.78, 5) is 17.1. The molecular weight excluding hydrogens is 370 g/mol. The van der Waals surface area contributed by atoms with Crippen molar-refractivity contribution < 1.29 is 31.6 Å². The molecule has 3 rings (SSSR count). The van der Waals surface area contributed by atoms with Crippen LogP contribution in [0.3, 0.4) is 0 Å². The molecular formula is C17H17F4N3O3. The molecule has 6 nitrogen and oxygen atoms in total. The number of carbonyl (C=O) groups excluding carboxylic acids is 1. The Labute approximate surface area is 152 Å². The van der Waals surface area contributed by atoms with Gasteiger partial charge >= 0.3 is 12.1 Å². The molecule has 1 heterocycles. The van der Waals surface area contributed by atoms with Crippen molar-refractivity contribution in [2.45, 2.75) is 25.3 Å². The first-order valence-electron chi connectivity index (χ1n) is 8.21. The predicted molar refractivity (Wildman–Crippen MR) is 85.0 cm³/mol. The van der Waals surface area contributed by atoms with Crippen LogP contribution in [0.2, 0.25) is 0 Å². The maximum Gasteiger partial charge on any atom is 0.471 e. The van der Waals surface area contributed by atoms with Crippen LogP contribution in [0, 0.1) is 5.92 Å². The average Bonchev–Trinajstić information content (AvgIpc) is 3.15. The van der Waals surface area contributed by atoms with E-state index < -0.39 is 24.2 Å². The summed E-state index contributed by atoms with van der Waals surface area (Å²) in [5.41, 5.74) is 1.08. The summed E-state index contributed by atoms with van der Waals surface area (Å²) in [6, 6.07) is 6.36. The number of halogens is 4. The average molecular weight is 387 g/mol. The standard InChI is InChI=1S/C17H17F4N3O3/c1-26-7-6-24(15(25)12-8-13(12)18)9-10-2-4-11(5-3-10)14-22-16(27-23-14)17(19,20)21/h2-5,12-13H,6-9H2,1H3. The fraction of sp³-hybridized carbons (Fsp3) is 0.471. The van der Waals surface area contributed by atoms with Crippen molar-refractivity contribution >= 4 is 5.91 Å². The topological polar surface area (TPSA) is 68.5 Å². The fourth-order valence-electron chi connectivity index (χ4n) is 2.56. The molecule has 146 valence electrons. The molecule has 1 aromatic heterocycles. The van der Waals surface area contributed by atoms with Gasteiger partial charge in [0.15, 0.2) is 0 Å². The number of benzene rings is 1. The number of hydrogen-bond donors (Lipinski definition) is 0. The lowest BCUT2D eigenvalue weighted by Crippen LogP contribution is -2.35. The molecule has 1 aromatic carbocycles. The van der Waals surface area contributed by atoms with Gasteiger partial charge in [0, 0.05) is 25.8 Å². The van der Waals surface area contributed by atoms with Gasteiger partial charge in [-0.15, -0.1) is 0 Å². The van der Waals surface area contributed by atoms with Crippen LogP contribution in [0.4, 0.5) is 17.6 Å². The van der Waals surface area contributed by atoms with Gasteiger partial charge < -0.3 is 14.2 Å². The van der Waals surface area contributed by atoms with Crippen molar-refractivity contribution in [1.82, 2.24) is 15.0 Å². The number of nitrogens with zero attached hydrogens (tertiary/aromatic N) is 3. The van der Waals surface area contributed by atoms with Crippen molar-refractivity contribution in [2.75, 3.05) is 20.3 Å². The van der Waals surface area contributed by atoms with E-state index in [1.54, 1.807) is 12.1 Å². The maximum absolute atomic E-state index is 13.2. The minimum atomic E-state index is -4.70. The van der Waals surface area contributed by atoms with Gasteiger partial charge in [0.1, 0.15) is 6.17 Å². The van der Waals surface area contributed by atoms with Crippen LogP contribution in [0.1, 0.15) is 17.9 Å². The molecule has 0 spiro atoms. The smallest absolute Gasteiger partial charge is 0.383 e. The molecule has 0 aliphatic heterocycles. The van der Waals surface area contributed by atoms with E-state index in [1.165, 1.54) is 24.1 Å². The third kappa shape index (κ3) is 4.62. The van der Waals surface area contributed by atoms with Gasteiger partial charge in [-0.25, -0.2) is 4.39 Å². The molecule has 0 bridgehead atoms. The number of carbonyl (C=O) groups is 1. The summed E-state index contributed by atoms with van der Waals surface area (Å²) in [7, 11) is 1.51. The van der Waals surface area contributed by atoms with Gasteiger partial charge in [-0.3, -0.25) is 4.79 Å². The highest BCUT2D eigenvalue weighted by Gasteiger charge is 2.45. The Morgan fingerprint density at radius 1 is 1.33 bits per heavy atom. The second-order valence-corrected chi connectivity index (χ2v) is 6.23. The Bertz CT molecular complexity index is 791. The van der Waals surface area contributed by atoms with Gasteiger partial charge in [-0.1, -0.05) is 29.4 Å². The summed E-state index contributed by atoms with van der Waals surface area (Å²) >= 11 is 0. The minimum Gasteiger partial charge on any atom is -0.383 e. The number of alkyl halides is 4. The quantitative estimate of drug-likeness (QED) is 0.683. The van der Waals surface area contributed by atoms with E-state index in [4.69, 9.17) is 4.74 Å². The zero-order valence-electron chi connectivity index (χ0n) is 14.4. The summed E-state index contributed by atoms with van der Waals surface area (Å²) in [6.45, 7) is 0.877. The van der Waals surface area contributed by atoms with E-state index in [9.17, 15) is 22.4 Å². The van der Waals surface area contributed by atoms with Crippen molar-refractivity contribution in [1.29, 1.82) is 0 Å². The van der Waals surface area contributed by atoms with Crippen LogP contribution >= 0.6 is 0 Å². The summed E-state index contributed by atoms with van der Waals surface area (Å²) in [6.07, 6.45) is -5.56. The van der Waals surface area contributed by atoms with Crippen molar-refractivity contribution in [3.8, 4) is 11.4 Å². The molecule has 2 unspecified atom stereocenters. The van der Waals surface area contributed by atoms with Gasteiger partial charge in [-0.2, -0.15) is 18.2 Å². The first-order chi connectivity index (χ1) is 12.8. The van der Waals surface area contributed by atoms with Gasteiger partial charge in [-0.05, 0) is 12.0 Å². The Kier molecular flexibility index (Phi) is 5.45. The number of aromatic nitrogens is 2. The zero-order valence-corrected chi connectivity index (χ0v) is 14.4. The first kappa shape index (κ1) is 19.3. The molecule has 1 aliphatic rings. The molecule has 0 N–H and O–H groups in total. The zero-order chi connectivity index (χ0) is 19.6. The molecule has 0 radical (unpaired) electrons. The second-order valence-electron chi connectivity index (χ2n) is 6.23. The largest absolute Gasteiger partial charge is 0.471 e. The molecule has 27 heavy (non-hydrogen) atoms. The van der Waals surface area contributed by atoms with Crippen LogP contribution in [-0.2, 0) is 22.3 Å². The van der Waals surface area contributed by atoms with Crippen molar-refractivity contribution in [2.24, 2.45) is 5.92 Å². The molecule has 1 amide bonds. The van der Waals surface area contributed by atoms with Crippen molar-refractivity contribution in [3.63, 3.8) is 0 Å². The third-order valence-corrected chi connectivity index (χ3v) is 4.16. The number of amides is 1. The molecule has 1 saturated carbocycles. The van der Waals surface area contributed by atoms with E-state index in [2.05, 4.69) is 14.7 Å². The molecule has 2 atom stereocenters. The third-order valence-electron chi connectivity index (χ3n) is 4.16. The molecule has 1 aliphatic carbocycles. The lowest BCUT2D eigenvalue weighted by atomic mass is 10.1.